The Morgan fingerprint density at radius 2 is 1.83 bits per heavy atom. The lowest BCUT2D eigenvalue weighted by molar-refractivity contribution is 0.665. The number of hydrogen-bond donors (Lipinski definition) is 0. The summed E-state index contributed by atoms with van der Waals surface area (Å²) < 4.78 is 0. The van der Waals surface area contributed by atoms with Crippen molar-refractivity contribution in [1.82, 2.24) is 0 Å². The maximum atomic E-state index is 4.30. The minimum absolute atomic E-state index is 0.679. The molecule has 0 rings (SSSR count). The lowest BCUT2D eigenvalue weighted by Crippen LogP contribution is -1.92. The molecule has 0 unspecified atom stereocenters. The first-order valence-electron chi connectivity index (χ1n) is 4.66. The Morgan fingerprint density at radius 3 is 2.42 bits per heavy atom. The molecule has 0 bridgehead atoms. The minimum Gasteiger partial charge on any atom is -0.301 e. The molecule has 0 heterocycles. The number of nitrogens with zero attached hydrogens (tertiary/aromatic N) is 2. The van der Waals surface area contributed by atoms with Gasteiger partial charge in [-0.2, -0.15) is 0 Å². The molecule has 0 fully saturated rings. The van der Waals surface area contributed by atoms with Crippen molar-refractivity contribution in [2.45, 2.75) is 33.1 Å². The second-order valence-electron chi connectivity index (χ2n) is 3.31. The second-order valence-corrected chi connectivity index (χ2v) is 3.31. The maximum absolute atomic E-state index is 4.30. The van der Waals surface area contributed by atoms with Crippen LogP contribution in [0.1, 0.15) is 33.1 Å². The molecule has 0 amide bonds. The molecule has 2 heteroatoms. The third-order valence-corrected chi connectivity index (χ3v) is 1.45. The predicted molar refractivity (Wildman–Crippen MR) is 56.5 cm³/mol. The van der Waals surface area contributed by atoms with Crippen molar-refractivity contribution in [3.05, 3.63) is 0 Å². The van der Waals surface area contributed by atoms with Crippen LogP contribution in [-0.2, 0) is 0 Å². The molecule has 0 atom stereocenters. The van der Waals surface area contributed by atoms with Crippen LogP contribution in [0.3, 0.4) is 0 Å². The zero-order valence-corrected chi connectivity index (χ0v) is 8.45. The SMILES string of the molecule is C/N=C/CCC/C=N/CC(C)C. The van der Waals surface area contributed by atoms with Gasteiger partial charge in [0.05, 0.1) is 0 Å². The maximum Gasteiger partial charge on any atom is 0.0408 e. The van der Waals surface area contributed by atoms with Crippen molar-refractivity contribution in [3.8, 4) is 0 Å². The molecule has 0 aromatic rings. The van der Waals surface area contributed by atoms with Crippen molar-refractivity contribution < 1.29 is 0 Å². The number of unbranched alkanes of at least 4 members (excludes halogenated alkanes) is 2. The van der Waals surface area contributed by atoms with E-state index in [1.54, 1.807) is 0 Å². The van der Waals surface area contributed by atoms with Crippen LogP contribution in [0.2, 0.25) is 0 Å². The molecule has 0 saturated heterocycles. The fraction of sp³-hybridized carbons (Fsp3) is 0.800. The molecule has 2 nitrogen and oxygen atoms in total. The molecular weight excluding hydrogens is 148 g/mol. The smallest absolute Gasteiger partial charge is 0.0408 e. The largest absolute Gasteiger partial charge is 0.301 e. The molecule has 0 aromatic heterocycles. The third kappa shape index (κ3) is 9.34. The van der Waals surface area contributed by atoms with Gasteiger partial charge in [-0.05, 0) is 37.6 Å². The topological polar surface area (TPSA) is 24.7 Å². The van der Waals surface area contributed by atoms with Crippen LogP contribution in [0.25, 0.3) is 0 Å². The first-order chi connectivity index (χ1) is 5.77. The zero-order chi connectivity index (χ0) is 9.23. The standard InChI is InChI=1S/C10H20N2/c1-10(2)9-12-8-6-4-5-7-11-3/h7-8,10H,4-6,9H2,1-3H3/b11-7+,12-8+. The number of hydrogen-bond acceptors (Lipinski definition) is 2. The minimum atomic E-state index is 0.679. The molecule has 0 aliphatic rings. The van der Waals surface area contributed by atoms with Gasteiger partial charge < -0.3 is 4.99 Å². The summed E-state index contributed by atoms with van der Waals surface area (Å²) in [6.45, 7) is 5.32. The van der Waals surface area contributed by atoms with E-state index in [9.17, 15) is 0 Å². The van der Waals surface area contributed by atoms with Gasteiger partial charge in [-0.3, -0.25) is 4.99 Å². The highest BCUT2D eigenvalue weighted by Gasteiger charge is 1.87. The summed E-state index contributed by atoms with van der Waals surface area (Å²) in [7, 11) is 1.81. The number of aliphatic imine (C=N–C) groups is 2. The Labute approximate surface area is 75.8 Å². The summed E-state index contributed by atoms with van der Waals surface area (Å²) in [5, 5.41) is 0. The Hall–Kier alpha value is -0.660. The van der Waals surface area contributed by atoms with E-state index in [2.05, 4.69) is 23.8 Å². The monoisotopic (exact) mass is 168 g/mol. The van der Waals surface area contributed by atoms with Crippen molar-refractivity contribution in [3.63, 3.8) is 0 Å². The normalized spacial score (nSPS) is 12.3. The summed E-state index contributed by atoms with van der Waals surface area (Å²) in [6.07, 6.45) is 7.31. The van der Waals surface area contributed by atoms with Gasteiger partial charge in [-0.15, -0.1) is 0 Å². The second kappa shape index (κ2) is 8.44. The van der Waals surface area contributed by atoms with Crippen LogP contribution >= 0.6 is 0 Å². The van der Waals surface area contributed by atoms with Crippen molar-refractivity contribution >= 4 is 12.4 Å². The summed E-state index contributed by atoms with van der Waals surface area (Å²) in [4.78, 5) is 8.21. The van der Waals surface area contributed by atoms with Crippen LogP contribution in [0, 0.1) is 5.92 Å². The van der Waals surface area contributed by atoms with Gasteiger partial charge in [-0.25, -0.2) is 0 Å². The Kier molecular flexibility index (Phi) is 7.97. The van der Waals surface area contributed by atoms with E-state index in [1.165, 1.54) is 6.42 Å². The van der Waals surface area contributed by atoms with E-state index in [-0.39, 0.29) is 0 Å². The average Bonchev–Trinajstić information content (AvgIpc) is 2.02. The van der Waals surface area contributed by atoms with Gasteiger partial charge in [0.1, 0.15) is 0 Å². The average molecular weight is 168 g/mol. The van der Waals surface area contributed by atoms with Crippen LogP contribution < -0.4 is 0 Å². The van der Waals surface area contributed by atoms with Crippen molar-refractivity contribution in [1.29, 1.82) is 0 Å². The highest BCUT2D eigenvalue weighted by Crippen LogP contribution is 1.93. The Balaban J connectivity index is 3.13. The highest BCUT2D eigenvalue weighted by atomic mass is 14.7. The molecule has 0 radical (unpaired) electrons. The van der Waals surface area contributed by atoms with Crippen LogP contribution in [-0.4, -0.2) is 26.0 Å². The quantitative estimate of drug-likeness (QED) is 0.430. The zero-order valence-electron chi connectivity index (χ0n) is 8.45. The van der Waals surface area contributed by atoms with Crippen LogP contribution in [0.4, 0.5) is 0 Å². The van der Waals surface area contributed by atoms with Gasteiger partial charge >= 0.3 is 0 Å². The van der Waals surface area contributed by atoms with Crippen LogP contribution in [0.5, 0.6) is 0 Å². The van der Waals surface area contributed by atoms with E-state index >= 15 is 0 Å². The highest BCUT2D eigenvalue weighted by molar-refractivity contribution is 5.60. The first kappa shape index (κ1) is 11.3. The molecule has 0 aliphatic carbocycles. The van der Waals surface area contributed by atoms with E-state index < -0.39 is 0 Å². The van der Waals surface area contributed by atoms with Crippen molar-refractivity contribution in [2.75, 3.05) is 13.6 Å². The predicted octanol–water partition coefficient (Wildman–Crippen LogP) is 2.58. The fourth-order valence-corrected chi connectivity index (χ4v) is 0.806. The third-order valence-electron chi connectivity index (χ3n) is 1.45. The van der Waals surface area contributed by atoms with Gasteiger partial charge in [0.25, 0.3) is 0 Å². The molecule has 70 valence electrons. The molecule has 0 aliphatic heterocycles. The van der Waals surface area contributed by atoms with E-state index in [0.29, 0.717) is 5.92 Å². The molecule has 0 aromatic carbocycles. The van der Waals surface area contributed by atoms with E-state index in [1.807, 2.05) is 19.5 Å². The van der Waals surface area contributed by atoms with E-state index in [4.69, 9.17) is 0 Å². The molecule has 12 heavy (non-hydrogen) atoms. The fourth-order valence-electron chi connectivity index (χ4n) is 0.806. The van der Waals surface area contributed by atoms with Gasteiger partial charge in [-0.1, -0.05) is 13.8 Å². The molecular formula is C10H20N2. The van der Waals surface area contributed by atoms with Gasteiger partial charge in [0, 0.05) is 13.6 Å². The summed E-state index contributed by atoms with van der Waals surface area (Å²) >= 11 is 0. The lowest BCUT2D eigenvalue weighted by Gasteiger charge is -1.96. The van der Waals surface area contributed by atoms with Crippen LogP contribution in [0.15, 0.2) is 9.98 Å². The molecule has 0 spiro atoms. The first-order valence-corrected chi connectivity index (χ1v) is 4.66. The Bertz CT molecular complexity index is 137. The summed E-state index contributed by atoms with van der Waals surface area (Å²) in [5.74, 6) is 0.679. The Morgan fingerprint density at radius 1 is 1.17 bits per heavy atom. The van der Waals surface area contributed by atoms with Crippen molar-refractivity contribution in [2.24, 2.45) is 15.9 Å². The molecule has 0 N–H and O–H groups in total. The lowest BCUT2D eigenvalue weighted by atomic mass is 10.2. The molecule has 0 saturated carbocycles. The van der Waals surface area contributed by atoms with Gasteiger partial charge in [0.2, 0.25) is 0 Å². The summed E-state index contributed by atoms with van der Waals surface area (Å²) in [5.41, 5.74) is 0. The van der Waals surface area contributed by atoms with E-state index in [0.717, 1.165) is 19.4 Å². The number of rotatable bonds is 6. The summed E-state index contributed by atoms with van der Waals surface area (Å²) in [6, 6.07) is 0. The van der Waals surface area contributed by atoms with Gasteiger partial charge in [0.15, 0.2) is 0 Å².